The van der Waals surface area contributed by atoms with Gasteiger partial charge >= 0.3 is 39.5 Å². The molecular weight excluding hydrogens is 864 g/mol. The Hall–Kier alpha value is -3.48. The quantitative estimate of drug-likeness (QED) is 0.0255. The second kappa shape index (κ2) is 25.0. The van der Waals surface area contributed by atoms with Gasteiger partial charge in [-0.25, -0.2) is 9.18 Å². The minimum absolute atomic E-state index is 0.00148. The molecule has 5 rings (SSSR count). The standard InChI is InChI=1S/C9H15F3O5S.C8H11NO2.C7H11ClO2.C7H11FO2.C7H11N3O2/c1-4-6-5(2)7(8(15-3)16-6)17-18(13,14)9(10,11)12;1-3-7-5(2)6(4-9)8(10)11-7;2*1-3-5-4(2)6(8)7(9)10-5;1-3-5-4(2)6(9-10-8)7(11)12-5/h5-8H,4H2,1-3H3;5-7H,3H2,1-2H3;2*4-6H,3H2,1-2H3;4-6H,3H2,1-2H3/t5-,6-,7-,8?;5-,6+,7+;3*4-,5-,6-/m10111/s1. The molecule has 5 fully saturated rings. The van der Waals surface area contributed by atoms with Crippen LogP contribution in [0.1, 0.15) is 101 Å². The summed E-state index contributed by atoms with van der Waals surface area (Å²) in [4.78, 5) is 46.0. The molecule has 0 spiro atoms. The summed E-state index contributed by atoms with van der Waals surface area (Å²) in [6.07, 6.45) is -0.883. The van der Waals surface area contributed by atoms with E-state index in [2.05, 4.69) is 14.2 Å². The van der Waals surface area contributed by atoms with Crippen LogP contribution in [-0.4, -0.2) is 105 Å². The van der Waals surface area contributed by atoms with Gasteiger partial charge in [0.25, 0.3) is 0 Å². The Labute approximate surface area is 359 Å². The Morgan fingerprint density at radius 2 is 1.18 bits per heavy atom. The molecule has 350 valence electrons. The van der Waals surface area contributed by atoms with E-state index in [1.165, 1.54) is 7.11 Å². The number of cyclic esters (lactones) is 4. The van der Waals surface area contributed by atoms with Crippen LogP contribution in [0.3, 0.4) is 0 Å². The lowest BCUT2D eigenvalue weighted by Crippen LogP contribution is -2.37. The molecule has 16 atom stereocenters. The van der Waals surface area contributed by atoms with Crippen molar-refractivity contribution in [3.63, 3.8) is 0 Å². The number of methoxy groups -OCH3 is 1. The Morgan fingerprint density at radius 1 is 0.738 bits per heavy atom. The number of carbonyl (C=O) groups excluding carboxylic acids is 4. The smallest absolute Gasteiger partial charge is 0.462 e. The molecule has 0 amide bonds. The molecule has 61 heavy (non-hydrogen) atoms. The summed E-state index contributed by atoms with van der Waals surface area (Å²) in [5.41, 5.74) is 2.72. The molecule has 0 radical (unpaired) electrons. The molecule has 5 heterocycles. The fourth-order valence-electron chi connectivity index (χ4n) is 6.98. The van der Waals surface area contributed by atoms with Crippen LogP contribution in [0.2, 0.25) is 0 Å². The highest BCUT2D eigenvalue weighted by Crippen LogP contribution is 2.36. The Morgan fingerprint density at radius 3 is 1.49 bits per heavy atom. The normalized spacial score (nSPS) is 36.4. The predicted molar refractivity (Wildman–Crippen MR) is 209 cm³/mol. The lowest BCUT2D eigenvalue weighted by Gasteiger charge is -2.20. The summed E-state index contributed by atoms with van der Waals surface area (Å²) in [5.74, 6) is -2.82. The van der Waals surface area contributed by atoms with E-state index in [1.807, 2.05) is 54.5 Å². The van der Waals surface area contributed by atoms with Gasteiger partial charge in [-0.1, -0.05) is 74.4 Å². The zero-order valence-electron chi connectivity index (χ0n) is 36.2. The van der Waals surface area contributed by atoms with Gasteiger partial charge in [-0.05, 0) is 37.6 Å². The SMILES string of the molecule is CC[C@H]1OC(=O)[C@H](C#N)[C@@H]1C.CC[C@H]1OC(=O)[C@H](Cl)[C@@H]1C.CC[C@H]1OC(=O)[C@H](F)[C@@H]1C.CC[C@H]1OC(=O)[C@H](N=[N+]=[N-])[C@@H]1C.CC[C@H]1OC(OC)[C@H](OS(=O)(=O)C(F)(F)F)[C@@H]1C. The van der Waals surface area contributed by atoms with Crippen molar-refractivity contribution in [1.29, 1.82) is 5.26 Å². The minimum Gasteiger partial charge on any atom is -0.462 e. The number of rotatable bonds is 9. The lowest BCUT2D eigenvalue weighted by molar-refractivity contribution is -0.146. The maximum Gasteiger partial charge on any atom is 0.523 e. The van der Waals surface area contributed by atoms with Gasteiger partial charge in [0, 0.05) is 41.6 Å². The molecule has 0 aromatic heterocycles. The number of alkyl halides is 5. The van der Waals surface area contributed by atoms with E-state index in [4.69, 9.17) is 50.8 Å². The van der Waals surface area contributed by atoms with E-state index >= 15 is 0 Å². The maximum absolute atomic E-state index is 12.7. The molecule has 5 aliphatic heterocycles. The maximum atomic E-state index is 12.7. The third-order valence-electron chi connectivity index (χ3n) is 11.1. The van der Waals surface area contributed by atoms with E-state index in [0.29, 0.717) is 12.8 Å². The first kappa shape index (κ1) is 55.5. The molecule has 23 heteroatoms. The molecule has 17 nitrogen and oxygen atoms in total. The van der Waals surface area contributed by atoms with Gasteiger partial charge in [0.1, 0.15) is 47.9 Å². The zero-order valence-corrected chi connectivity index (χ0v) is 37.7. The fraction of sp³-hybridized carbons (Fsp3) is 0.868. The molecule has 0 aromatic rings. The van der Waals surface area contributed by atoms with Gasteiger partial charge in [0.05, 0.1) is 12.2 Å². The van der Waals surface area contributed by atoms with Crippen LogP contribution < -0.4 is 0 Å². The van der Waals surface area contributed by atoms with Crippen molar-refractivity contribution >= 4 is 45.6 Å². The van der Waals surface area contributed by atoms with Crippen LogP contribution in [0.15, 0.2) is 5.11 Å². The van der Waals surface area contributed by atoms with E-state index < -0.39 is 75.5 Å². The number of hydrogen-bond acceptors (Lipinski definition) is 15. The average molecular weight is 923 g/mol. The molecule has 0 bridgehead atoms. The highest BCUT2D eigenvalue weighted by atomic mass is 35.5. The number of nitriles is 1. The van der Waals surface area contributed by atoms with Gasteiger partial charge in [0.15, 0.2) is 6.29 Å². The zero-order chi connectivity index (χ0) is 47.2. The molecule has 1 unspecified atom stereocenters. The minimum atomic E-state index is -5.65. The van der Waals surface area contributed by atoms with Gasteiger partial charge in [-0.15, -0.1) is 11.6 Å². The number of azide groups is 1. The van der Waals surface area contributed by atoms with Crippen LogP contribution in [0, 0.1) is 46.8 Å². The number of halogens is 5. The highest BCUT2D eigenvalue weighted by molar-refractivity contribution is 7.87. The Balaban J connectivity index is 0.000000389. The van der Waals surface area contributed by atoms with Crippen LogP contribution in [0.25, 0.3) is 10.4 Å². The van der Waals surface area contributed by atoms with Crippen molar-refractivity contribution in [2.24, 2.45) is 40.6 Å². The molecule has 0 aliphatic carbocycles. The van der Waals surface area contributed by atoms with Gasteiger partial charge in [-0.3, -0.25) is 18.6 Å². The Kier molecular flexibility index (Phi) is 22.7. The number of esters is 4. The number of nitrogens with zero attached hydrogens (tertiary/aromatic N) is 4. The van der Waals surface area contributed by atoms with Gasteiger partial charge in [-0.2, -0.15) is 26.9 Å². The summed E-state index contributed by atoms with van der Waals surface area (Å²) in [6.45, 7) is 18.5. The summed E-state index contributed by atoms with van der Waals surface area (Å²) in [5, 5.41) is 11.5. The number of carbonyl (C=O) groups is 4. The lowest BCUT2D eigenvalue weighted by atomic mass is 9.92. The van der Waals surface area contributed by atoms with E-state index in [9.17, 15) is 45.2 Å². The first-order valence-corrected chi connectivity index (χ1v) is 21.9. The predicted octanol–water partition coefficient (Wildman–Crippen LogP) is 7.23. The van der Waals surface area contributed by atoms with Gasteiger partial charge in [0.2, 0.25) is 6.17 Å². The third kappa shape index (κ3) is 14.5. The van der Waals surface area contributed by atoms with Crippen LogP contribution in [0.5, 0.6) is 0 Å². The van der Waals surface area contributed by atoms with Gasteiger partial charge < -0.3 is 28.4 Å². The Bertz CT molecular complexity index is 1630. The van der Waals surface area contributed by atoms with Crippen molar-refractivity contribution < 1.29 is 77.8 Å². The largest absolute Gasteiger partial charge is 0.523 e. The van der Waals surface area contributed by atoms with Crippen LogP contribution in [0.4, 0.5) is 17.6 Å². The number of ether oxygens (including phenoxy) is 6. The van der Waals surface area contributed by atoms with Crippen LogP contribution in [-0.2, 0) is 61.9 Å². The first-order valence-electron chi connectivity index (χ1n) is 20.1. The fourth-order valence-corrected chi connectivity index (χ4v) is 7.86. The monoisotopic (exact) mass is 922 g/mol. The molecule has 5 saturated heterocycles. The second-order valence-electron chi connectivity index (χ2n) is 15.0. The molecule has 5 aliphatic rings. The average Bonchev–Trinajstić information content (AvgIpc) is 3.93. The van der Waals surface area contributed by atoms with E-state index in [0.717, 1.165) is 19.3 Å². The third-order valence-corrected chi connectivity index (χ3v) is 12.7. The molecule has 0 aromatic carbocycles. The van der Waals surface area contributed by atoms with Crippen molar-refractivity contribution in [1.82, 2.24) is 0 Å². The highest BCUT2D eigenvalue weighted by Gasteiger charge is 2.53. The summed E-state index contributed by atoms with van der Waals surface area (Å²) in [7, 11) is -4.43. The molecular formula is C38H59ClF4N4O13S. The van der Waals surface area contributed by atoms with E-state index in [-0.39, 0.29) is 60.0 Å². The van der Waals surface area contributed by atoms with Crippen molar-refractivity contribution in [3.05, 3.63) is 10.4 Å². The summed E-state index contributed by atoms with van der Waals surface area (Å²) < 4.78 is 105. The summed E-state index contributed by atoms with van der Waals surface area (Å²) in [6, 6.07) is 1.33. The first-order chi connectivity index (χ1) is 28.4. The second-order valence-corrected chi connectivity index (χ2v) is 17.1. The van der Waals surface area contributed by atoms with Crippen molar-refractivity contribution in [3.8, 4) is 6.07 Å². The van der Waals surface area contributed by atoms with Crippen LogP contribution >= 0.6 is 11.6 Å². The van der Waals surface area contributed by atoms with Crippen molar-refractivity contribution in [2.45, 2.75) is 167 Å². The molecule has 0 saturated carbocycles. The van der Waals surface area contributed by atoms with E-state index in [1.54, 1.807) is 20.8 Å². The topological polar surface area (TPSA) is 240 Å². The molecule has 0 N–H and O–H groups in total. The summed E-state index contributed by atoms with van der Waals surface area (Å²) >= 11 is 5.71. The van der Waals surface area contributed by atoms with Crippen molar-refractivity contribution in [2.75, 3.05) is 7.11 Å². The number of hydrogen-bond donors (Lipinski definition) is 0.